The Hall–Kier alpha value is -3.07. The van der Waals surface area contributed by atoms with Gasteiger partial charge in [-0.1, -0.05) is 24.3 Å². The number of rotatable bonds is 7. The highest BCUT2D eigenvalue weighted by Crippen LogP contribution is 2.17. The molecular formula is C17H19N3O5S. The molecule has 0 heterocycles. The summed E-state index contributed by atoms with van der Waals surface area (Å²) in [5.74, 6) is 0.230. The summed E-state index contributed by atoms with van der Waals surface area (Å²) in [5, 5.41) is 2.78. The molecule has 2 rings (SSSR count). The lowest BCUT2D eigenvalue weighted by atomic mass is 10.1. The molecule has 0 unspecified atom stereocenters. The highest BCUT2D eigenvalue weighted by Gasteiger charge is 2.15. The summed E-state index contributed by atoms with van der Waals surface area (Å²) < 4.78 is 30.4. The Kier molecular flexibility index (Phi) is 6.18. The largest absolute Gasteiger partial charge is 0.496 e. The van der Waals surface area contributed by atoms with Crippen molar-refractivity contribution in [2.24, 2.45) is 5.73 Å². The van der Waals surface area contributed by atoms with E-state index < -0.39 is 16.1 Å². The van der Waals surface area contributed by atoms with Crippen molar-refractivity contribution in [3.63, 3.8) is 0 Å². The van der Waals surface area contributed by atoms with Crippen LogP contribution in [0.25, 0.3) is 0 Å². The monoisotopic (exact) mass is 377 g/mol. The minimum absolute atomic E-state index is 0.0712. The van der Waals surface area contributed by atoms with Crippen LogP contribution in [0, 0.1) is 0 Å². The number of amides is 3. The molecule has 138 valence electrons. The van der Waals surface area contributed by atoms with Gasteiger partial charge in [0.25, 0.3) is 15.9 Å². The van der Waals surface area contributed by atoms with E-state index in [0.717, 1.165) is 5.56 Å². The molecular weight excluding hydrogens is 358 g/mol. The van der Waals surface area contributed by atoms with Crippen molar-refractivity contribution in [2.45, 2.75) is 11.3 Å². The van der Waals surface area contributed by atoms with Gasteiger partial charge in [-0.2, -0.15) is 0 Å². The third-order valence-electron chi connectivity index (χ3n) is 3.52. The van der Waals surface area contributed by atoms with Crippen LogP contribution in [0.4, 0.5) is 4.79 Å². The summed E-state index contributed by atoms with van der Waals surface area (Å²) >= 11 is 0. The zero-order valence-electron chi connectivity index (χ0n) is 14.1. The second-order valence-corrected chi connectivity index (χ2v) is 7.00. The molecule has 8 nitrogen and oxygen atoms in total. The van der Waals surface area contributed by atoms with Gasteiger partial charge in [0.05, 0.1) is 17.6 Å². The molecule has 9 heteroatoms. The van der Waals surface area contributed by atoms with Gasteiger partial charge in [-0.3, -0.25) is 4.79 Å². The maximum absolute atomic E-state index is 12.2. The SMILES string of the molecule is COc1ccccc1C(=O)NCCc1ccc(S(=O)(=O)NC(N)=O)cc1. The fourth-order valence-electron chi connectivity index (χ4n) is 2.27. The number of urea groups is 1. The summed E-state index contributed by atoms with van der Waals surface area (Å²) in [4.78, 5) is 22.8. The molecule has 0 bridgehead atoms. The first kappa shape index (κ1) is 19.3. The predicted octanol–water partition coefficient (Wildman–Crippen LogP) is 1.02. The topological polar surface area (TPSA) is 128 Å². The summed E-state index contributed by atoms with van der Waals surface area (Å²) in [6.07, 6.45) is 0.504. The fourth-order valence-corrected chi connectivity index (χ4v) is 3.15. The number of carbonyl (C=O) groups excluding carboxylic acids is 2. The lowest BCUT2D eigenvalue weighted by Crippen LogP contribution is -2.34. The van der Waals surface area contributed by atoms with Crippen LogP contribution in [0.2, 0.25) is 0 Å². The second kappa shape index (κ2) is 8.34. The van der Waals surface area contributed by atoms with Crippen LogP contribution in [-0.2, 0) is 16.4 Å². The molecule has 0 saturated carbocycles. The van der Waals surface area contributed by atoms with Gasteiger partial charge in [0, 0.05) is 6.54 Å². The van der Waals surface area contributed by atoms with E-state index in [1.54, 1.807) is 41.1 Å². The number of primary amides is 1. The molecule has 0 radical (unpaired) electrons. The Bertz CT molecular complexity index is 895. The van der Waals surface area contributed by atoms with E-state index in [0.29, 0.717) is 24.3 Å². The van der Waals surface area contributed by atoms with Crippen molar-refractivity contribution in [1.29, 1.82) is 0 Å². The van der Waals surface area contributed by atoms with Gasteiger partial charge in [0.1, 0.15) is 5.75 Å². The predicted molar refractivity (Wildman–Crippen MR) is 95.4 cm³/mol. The molecule has 0 aliphatic heterocycles. The zero-order chi connectivity index (χ0) is 19.2. The molecule has 3 amide bonds. The number of ether oxygens (including phenoxy) is 1. The number of carbonyl (C=O) groups is 2. The van der Waals surface area contributed by atoms with Gasteiger partial charge < -0.3 is 15.8 Å². The second-order valence-electron chi connectivity index (χ2n) is 5.32. The smallest absolute Gasteiger partial charge is 0.326 e. The minimum atomic E-state index is -3.96. The van der Waals surface area contributed by atoms with Crippen LogP contribution in [0.1, 0.15) is 15.9 Å². The molecule has 0 saturated heterocycles. The van der Waals surface area contributed by atoms with Crippen molar-refractivity contribution >= 4 is 22.0 Å². The quantitative estimate of drug-likeness (QED) is 0.664. The van der Waals surface area contributed by atoms with Crippen molar-refractivity contribution in [1.82, 2.24) is 10.0 Å². The third-order valence-corrected chi connectivity index (χ3v) is 4.88. The van der Waals surface area contributed by atoms with Crippen LogP contribution in [-0.4, -0.2) is 34.0 Å². The van der Waals surface area contributed by atoms with E-state index in [4.69, 9.17) is 10.5 Å². The summed E-state index contributed by atoms with van der Waals surface area (Å²) in [6.45, 7) is 0.364. The Balaban J connectivity index is 1.94. The Morgan fingerprint density at radius 3 is 2.35 bits per heavy atom. The van der Waals surface area contributed by atoms with Crippen molar-refractivity contribution < 1.29 is 22.7 Å². The molecule has 0 aromatic heterocycles. The van der Waals surface area contributed by atoms with Crippen LogP contribution < -0.4 is 20.5 Å². The van der Waals surface area contributed by atoms with Crippen LogP contribution >= 0.6 is 0 Å². The molecule has 0 atom stereocenters. The number of hydrogen-bond donors (Lipinski definition) is 3. The Morgan fingerprint density at radius 2 is 1.73 bits per heavy atom. The summed E-state index contributed by atoms with van der Waals surface area (Å²) in [6, 6.07) is 11.7. The molecule has 2 aromatic rings. The first-order valence-electron chi connectivity index (χ1n) is 7.66. The maximum atomic E-state index is 12.2. The fraction of sp³-hybridized carbons (Fsp3) is 0.176. The lowest BCUT2D eigenvalue weighted by Gasteiger charge is -2.09. The molecule has 2 aromatic carbocycles. The van der Waals surface area contributed by atoms with E-state index in [9.17, 15) is 18.0 Å². The maximum Gasteiger partial charge on any atom is 0.326 e. The number of nitrogens with one attached hydrogen (secondary N) is 2. The summed E-state index contributed by atoms with van der Waals surface area (Å²) in [5.41, 5.74) is 6.09. The number of hydrogen-bond acceptors (Lipinski definition) is 5. The molecule has 26 heavy (non-hydrogen) atoms. The minimum Gasteiger partial charge on any atom is -0.496 e. The number of sulfonamides is 1. The standard InChI is InChI=1S/C17H19N3O5S/c1-25-15-5-3-2-4-14(15)16(21)19-11-10-12-6-8-13(9-7-12)26(23,24)20-17(18)22/h2-9H,10-11H2,1H3,(H,19,21)(H3,18,20,22). The van der Waals surface area contributed by atoms with Gasteiger partial charge in [0.2, 0.25) is 0 Å². The molecule has 0 fully saturated rings. The van der Waals surface area contributed by atoms with E-state index in [2.05, 4.69) is 5.32 Å². The Morgan fingerprint density at radius 1 is 1.08 bits per heavy atom. The number of nitrogens with two attached hydrogens (primary N) is 1. The van der Waals surface area contributed by atoms with Gasteiger partial charge in [-0.15, -0.1) is 0 Å². The van der Waals surface area contributed by atoms with Crippen LogP contribution in [0.5, 0.6) is 5.75 Å². The van der Waals surface area contributed by atoms with E-state index in [1.807, 2.05) is 0 Å². The van der Waals surface area contributed by atoms with Crippen LogP contribution in [0.15, 0.2) is 53.4 Å². The highest BCUT2D eigenvalue weighted by molar-refractivity contribution is 7.90. The molecule has 0 aliphatic carbocycles. The summed E-state index contributed by atoms with van der Waals surface area (Å²) in [7, 11) is -2.47. The van der Waals surface area contributed by atoms with Crippen molar-refractivity contribution in [3.05, 3.63) is 59.7 Å². The van der Waals surface area contributed by atoms with E-state index >= 15 is 0 Å². The average molecular weight is 377 g/mol. The first-order valence-corrected chi connectivity index (χ1v) is 9.14. The normalized spacial score (nSPS) is 10.8. The van der Waals surface area contributed by atoms with E-state index in [1.165, 1.54) is 19.2 Å². The van der Waals surface area contributed by atoms with Gasteiger partial charge in [0.15, 0.2) is 0 Å². The van der Waals surface area contributed by atoms with Crippen LogP contribution in [0.3, 0.4) is 0 Å². The molecule has 4 N–H and O–H groups in total. The van der Waals surface area contributed by atoms with Crippen molar-refractivity contribution in [2.75, 3.05) is 13.7 Å². The Labute approximate surface area is 151 Å². The first-order chi connectivity index (χ1) is 12.3. The number of para-hydroxylation sites is 1. The lowest BCUT2D eigenvalue weighted by molar-refractivity contribution is 0.0951. The average Bonchev–Trinajstić information content (AvgIpc) is 2.61. The zero-order valence-corrected chi connectivity index (χ0v) is 14.9. The number of methoxy groups -OCH3 is 1. The van der Waals surface area contributed by atoms with Gasteiger partial charge in [-0.05, 0) is 36.2 Å². The van der Waals surface area contributed by atoms with Gasteiger partial charge >= 0.3 is 6.03 Å². The molecule has 0 spiro atoms. The highest BCUT2D eigenvalue weighted by atomic mass is 32.2. The van der Waals surface area contributed by atoms with E-state index in [-0.39, 0.29) is 10.8 Å². The number of benzene rings is 2. The third kappa shape index (κ3) is 4.96. The van der Waals surface area contributed by atoms with Gasteiger partial charge in [-0.25, -0.2) is 17.9 Å². The van der Waals surface area contributed by atoms with Crippen molar-refractivity contribution in [3.8, 4) is 5.75 Å². The molecule has 0 aliphatic rings.